The molecule has 4 nitrogen and oxygen atoms in total. The minimum atomic E-state index is -3.87. The molecule has 7 heteroatoms. The molecule has 0 spiro atoms. The first-order valence-corrected chi connectivity index (χ1v) is 8.85. The zero-order valence-electron chi connectivity index (χ0n) is 12.4. The van der Waals surface area contributed by atoms with Crippen molar-refractivity contribution in [1.82, 2.24) is 0 Å². The number of nitrogens with zero attached hydrogens (tertiary/aromatic N) is 1. The number of hydrogen-bond acceptors (Lipinski definition) is 3. The van der Waals surface area contributed by atoms with Crippen molar-refractivity contribution < 1.29 is 17.2 Å². The first-order chi connectivity index (χ1) is 11.5. The van der Waals surface area contributed by atoms with E-state index < -0.39 is 15.8 Å². The molecule has 0 saturated carbocycles. The van der Waals surface area contributed by atoms with Gasteiger partial charge in [0.1, 0.15) is 11.6 Å². The summed E-state index contributed by atoms with van der Waals surface area (Å²) in [6.45, 7) is -0.0103. The lowest BCUT2D eigenvalue weighted by molar-refractivity contribution is 0.508. The lowest BCUT2D eigenvalue weighted by Crippen LogP contribution is -2.30. The van der Waals surface area contributed by atoms with Crippen LogP contribution in [0.3, 0.4) is 0 Å². The van der Waals surface area contributed by atoms with E-state index in [0.717, 1.165) is 4.31 Å². The summed E-state index contributed by atoms with van der Waals surface area (Å²) in [6.07, 6.45) is 1.47. The molecule has 0 bridgehead atoms. The molecule has 0 aliphatic heterocycles. The van der Waals surface area contributed by atoms with Gasteiger partial charge in [0.05, 0.1) is 23.4 Å². The standard InChI is InChI=1S/C17H13ClFNO3S/c18-13-3-9-17(10-4-13)24(21,22)20(12-16-2-1-11-23-16)15-7-5-14(19)6-8-15/h1-11H,12H2. The SMILES string of the molecule is O=S(=O)(c1ccc(Cl)cc1)N(Cc1ccco1)c1ccc(F)cc1. The minimum Gasteiger partial charge on any atom is -0.467 e. The molecule has 0 saturated heterocycles. The van der Waals surface area contributed by atoms with Gasteiger partial charge in [-0.15, -0.1) is 0 Å². The van der Waals surface area contributed by atoms with Gasteiger partial charge in [-0.05, 0) is 60.7 Å². The second-order valence-corrected chi connectivity index (χ2v) is 7.32. The van der Waals surface area contributed by atoms with E-state index in [1.54, 1.807) is 12.1 Å². The third kappa shape index (κ3) is 3.44. The maximum atomic E-state index is 13.2. The lowest BCUT2D eigenvalue weighted by atomic mass is 10.3. The summed E-state index contributed by atoms with van der Waals surface area (Å²) in [5, 5.41) is 0.438. The van der Waals surface area contributed by atoms with Gasteiger partial charge in [0.15, 0.2) is 0 Å². The Bertz CT molecular complexity index is 907. The van der Waals surface area contributed by atoms with Crippen molar-refractivity contribution in [3.8, 4) is 0 Å². The van der Waals surface area contributed by atoms with Crippen LogP contribution in [0, 0.1) is 5.82 Å². The quantitative estimate of drug-likeness (QED) is 0.670. The molecule has 3 rings (SSSR count). The summed E-state index contributed by atoms with van der Waals surface area (Å²) in [4.78, 5) is 0.0859. The summed E-state index contributed by atoms with van der Waals surface area (Å²) >= 11 is 5.83. The molecule has 2 aromatic carbocycles. The fraction of sp³-hybridized carbons (Fsp3) is 0.0588. The fourth-order valence-electron chi connectivity index (χ4n) is 2.20. The Morgan fingerprint density at radius 1 is 1.00 bits per heavy atom. The van der Waals surface area contributed by atoms with Gasteiger partial charge in [-0.1, -0.05) is 11.6 Å². The molecule has 0 amide bonds. The Hall–Kier alpha value is -2.31. The Labute approximate surface area is 144 Å². The molecule has 0 unspecified atom stereocenters. The van der Waals surface area contributed by atoms with Crippen LogP contribution in [0.15, 0.2) is 76.2 Å². The van der Waals surface area contributed by atoms with Gasteiger partial charge in [-0.25, -0.2) is 12.8 Å². The third-order valence-corrected chi connectivity index (χ3v) is 5.44. The molecule has 0 radical (unpaired) electrons. The van der Waals surface area contributed by atoms with Crippen LogP contribution >= 0.6 is 11.6 Å². The molecule has 0 atom stereocenters. The Morgan fingerprint density at radius 2 is 1.67 bits per heavy atom. The molecule has 124 valence electrons. The van der Waals surface area contributed by atoms with Crippen molar-refractivity contribution in [3.05, 3.63) is 83.5 Å². The second-order valence-electron chi connectivity index (χ2n) is 5.02. The predicted octanol–water partition coefficient (Wildman–Crippen LogP) is 4.47. The number of sulfonamides is 1. The first-order valence-electron chi connectivity index (χ1n) is 7.03. The highest BCUT2D eigenvalue weighted by Gasteiger charge is 2.26. The molecule has 3 aromatic rings. The monoisotopic (exact) mass is 365 g/mol. The molecular formula is C17H13ClFNO3S. The molecule has 1 heterocycles. The molecule has 0 aliphatic carbocycles. The van der Waals surface area contributed by atoms with Crippen LogP contribution in [0.1, 0.15) is 5.76 Å². The van der Waals surface area contributed by atoms with Gasteiger partial charge in [0.2, 0.25) is 0 Å². The highest BCUT2D eigenvalue weighted by molar-refractivity contribution is 7.92. The Kier molecular flexibility index (Phi) is 4.59. The van der Waals surface area contributed by atoms with E-state index in [9.17, 15) is 12.8 Å². The zero-order chi connectivity index (χ0) is 17.2. The Balaban J connectivity index is 2.05. The van der Waals surface area contributed by atoms with Gasteiger partial charge in [0, 0.05) is 5.02 Å². The zero-order valence-corrected chi connectivity index (χ0v) is 14.0. The van der Waals surface area contributed by atoms with Crippen molar-refractivity contribution in [3.63, 3.8) is 0 Å². The number of rotatable bonds is 5. The van der Waals surface area contributed by atoms with Gasteiger partial charge >= 0.3 is 0 Å². The summed E-state index contributed by atoms with van der Waals surface area (Å²) in [5.74, 6) is 0.0254. The second kappa shape index (κ2) is 6.67. The Morgan fingerprint density at radius 3 is 2.25 bits per heavy atom. The van der Waals surface area contributed by atoms with E-state index in [-0.39, 0.29) is 11.4 Å². The van der Waals surface area contributed by atoms with Crippen LogP contribution in [0.4, 0.5) is 10.1 Å². The topological polar surface area (TPSA) is 50.5 Å². The number of hydrogen-bond donors (Lipinski definition) is 0. The van der Waals surface area contributed by atoms with Crippen molar-refractivity contribution in [1.29, 1.82) is 0 Å². The minimum absolute atomic E-state index is 0.0103. The summed E-state index contributed by atoms with van der Waals surface area (Å²) in [5.41, 5.74) is 0.336. The maximum Gasteiger partial charge on any atom is 0.264 e. The number of benzene rings is 2. The van der Waals surface area contributed by atoms with E-state index >= 15 is 0 Å². The van der Waals surface area contributed by atoms with Gasteiger partial charge < -0.3 is 4.42 Å². The van der Waals surface area contributed by atoms with Crippen LogP contribution in [0.25, 0.3) is 0 Å². The molecule has 24 heavy (non-hydrogen) atoms. The molecule has 0 aliphatic rings. The fourth-order valence-corrected chi connectivity index (χ4v) is 3.76. The van der Waals surface area contributed by atoms with Gasteiger partial charge in [-0.2, -0.15) is 0 Å². The largest absolute Gasteiger partial charge is 0.467 e. The van der Waals surface area contributed by atoms with E-state index in [1.165, 1.54) is 54.8 Å². The lowest BCUT2D eigenvalue weighted by Gasteiger charge is -2.23. The van der Waals surface area contributed by atoms with Crippen LogP contribution in [-0.4, -0.2) is 8.42 Å². The van der Waals surface area contributed by atoms with Crippen LogP contribution in [0.2, 0.25) is 5.02 Å². The highest BCUT2D eigenvalue weighted by atomic mass is 35.5. The third-order valence-electron chi connectivity index (χ3n) is 3.40. The molecular weight excluding hydrogens is 353 g/mol. The first kappa shape index (κ1) is 16.5. The van der Waals surface area contributed by atoms with Crippen molar-refractivity contribution in [2.24, 2.45) is 0 Å². The average Bonchev–Trinajstić information content (AvgIpc) is 3.07. The van der Waals surface area contributed by atoms with Gasteiger partial charge in [0.25, 0.3) is 10.0 Å². The smallest absolute Gasteiger partial charge is 0.264 e. The van der Waals surface area contributed by atoms with Crippen molar-refractivity contribution in [2.45, 2.75) is 11.4 Å². The van der Waals surface area contributed by atoms with E-state index in [2.05, 4.69) is 0 Å². The van der Waals surface area contributed by atoms with Crippen LogP contribution < -0.4 is 4.31 Å². The van der Waals surface area contributed by atoms with Crippen LogP contribution in [0.5, 0.6) is 0 Å². The van der Waals surface area contributed by atoms with E-state index in [4.69, 9.17) is 16.0 Å². The highest BCUT2D eigenvalue weighted by Crippen LogP contribution is 2.27. The average molecular weight is 366 g/mol. The van der Waals surface area contributed by atoms with E-state index in [1.807, 2.05) is 0 Å². The number of anilines is 1. The molecule has 0 fully saturated rings. The van der Waals surface area contributed by atoms with Crippen molar-refractivity contribution in [2.75, 3.05) is 4.31 Å². The van der Waals surface area contributed by atoms with Crippen molar-refractivity contribution >= 4 is 27.3 Å². The van der Waals surface area contributed by atoms with E-state index in [0.29, 0.717) is 16.5 Å². The predicted molar refractivity (Wildman–Crippen MR) is 89.9 cm³/mol. The number of halogens is 2. The summed E-state index contributed by atoms with van der Waals surface area (Å²) < 4.78 is 45.6. The number of furan rings is 1. The normalized spacial score (nSPS) is 11.4. The maximum absolute atomic E-state index is 13.2. The van der Waals surface area contributed by atoms with Gasteiger partial charge in [-0.3, -0.25) is 4.31 Å². The summed E-state index contributed by atoms with van der Waals surface area (Å²) in [6, 6.07) is 14.4. The molecule has 1 aromatic heterocycles. The van der Waals surface area contributed by atoms with Crippen LogP contribution in [-0.2, 0) is 16.6 Å². The molecule has 0 N–H and O–H groups in total. The summed E-state index contributed by atoms with van der Waals surface area (Å²) in [7, 11) is -3.87.